The van der Waals surface area contributed by atoms with Crippen LogP contribution < -0.4 is 5.32 Å². The average molecular weight is 231 g/mol. The van der Waals surface area contributed by atoms with Crippen molar-refractivity contribution in [2.24, 2.45) is 0 Å². The minimum Gasteiger partial charge on any atom is -0.311 e. The van der Waals surface area contributed by atoms with Crippen LogP contribution in [-0.4, -0.2) is 12.6 Å². The molecule has 0 radical (unpaired) electrons. The summed E-state index contributed by atoms with van der Waals surface area (Å²) in [4.78, 5) is 0. The Balaban J connectivity index is 2.64. The van der Waals surface area contributed by atoms with Crippen LogP contribution in [0.15, 0.2) is 42.0 Å². The first-order chi connectivity index (χ1) is 8.13. The van der Waals surface area contributed by atoms with Crippen LogP contribution in [0.2, 0.25) is 0 Å². The van der Waals surface area contributed by atoms with E-state index in [-0.39, 0.29) is 0 Å². The molecule has 1 N–H and O–H groups in total. The molecule has 0 spiro atoms. The van der Waals surface area contributed by atoms with Gasteiger partial charge in [-0.05, 0) is 17.9 Å². The second-order valence-corrected chi connectivity index (χ2v) is 4.91. The molecule has 94 valence electrons. The first-order valence-corrected chi connectivity index (χ1v) is 6.61. The van der Waals surface area contributed by atoms with E-state index in [4.69, 9.17) is 0 Å². The monoisotopic (exact) mass is 231 g/mol. The minimum absolute atomic E-state index is 0.500. The Labute approximate surface area is 106 Å². The smallest absolute Gasteiger partial charge is 0.0167 e. The molecule has 0 heterocycles. The van der Waals surface area contributed by atoms with Gasteiger partial charge in [0.2, 0.25) is 0 Å². The van der Waals surface area contributed by atoms with Gasteiger partial charge in [0.1, 0.15) is 0 Å². The lowest BCUT2D eigenvalue weighted by atomic mass is 9.97. The summed E-state index contributed by atoms with van der Waals surface area (Å²) in [6.45, 7) is 9.87. The molecule has 1 aromatic carbocycles. The molecule has 1 aromatic rings. The van der Waals surface area contributed by atoms with Crippen LogP contribution in [0.1, 0.15) is 45.6 Å². The van der Waals surface area contributed by atoms with E-state index in [0.29, 0.717) is 12.0 Å². The molecule has 1 nitrogen and oxygen atoms in total. The zero-order chi connectivity index (χ0) is 12.7. The van der Waals surface area contributed by atoms with Gasteiger partial charge < -0.3 is 5.32 Å². The van der Waals surface area contributed by atoms with Crippen molar-refractivity contribution in [2.45, 2.75) is 46.1 Å². The lowest BCUT2D eigenvalue weighted by molar-refractivity contribution is 0.613. The fourth-order valence-electron chi connectivity index (χ4n) is 1.84. The number of benzene rings is 1. The van der Waals surface area contributed by atoms with Crippen molar-refractivity contribution in [3.63, 3.8) is 0 Å². The Morgan fingerprint density at radius 1 is 1.18 bits per heavy atom. The zero-order valence-corrected chi connectivity index (χ0v) is 11.5. The Morgan fingerprint density at radius 2 is 1.82 bits per heavy atom. The van der Waals surface area contributed by atoms with E-state index in [0.717, 1.165) is 13.0 Å². The molecule has 0 amide bonds. The van der Waals surface area contributed by atoms with Gasteiger partial charge in [-0.25, -0.2) is 0 Å². The van der Waals surface area contributed by atoms with Gasteiger partial charge in [-0.3, -0.25) is 0 Å². The van der Waals surface area contributed by atoms with Gasteiger partial charge in [0, 0.05) is 12.6 Å². The second kappa shape index (κ2) is 7.29. The highest BCUT2D eigenvalue weighted by molar-refractivity contribution is 5.24. The van der Waals surface area contributed by atoms with Crippen LogP contribution in [-0.2, 0) is 0 Å². The molecule has 1 heteroatoms. The molecule has 0 aliphatic carbocycles. The highest BCUT2D eigenvalue weighted by Crippen LogP contribution is 2.18. The van der Waals surface area contributed by atoms with Crippen LogP contribution >= 0.6 is 0 Å². The fraction of sp³-hybridized carbons (Fsp3) is 0.500. The summed E-state index contributed by atoms with van der Waals surface area (Å²) in [5.41, 5.74) is 2.89. The molecule has 0 aromatic heterocycles. The molecule has 0 bridgehead atoms. The summed E-state index contributed by atoms with van der Waals surface area (Å²) < 4.78 is 0. The zero-order valence-electron chi connectivity index (χ0n) is 11.5. The maximum absolute atomic E-state index is 3.49. The standard InChI is InChI=1S/C16H25N/c1-5-15(12-17-13(2)3)11-14(4)16-9-7-6-8-10-16/h6-11,13-14,17H,5,12H2,1-4H3/b15-11-. The molecule has 17 heavy (non-hydrogen) atoms. The molecule has 0 aliphatic rings. The number of nitrogens with one attached hydrogen (secondary N) is 1. The minimum atomic E-state index is 0.500. The SMILES string of the molecule is CC/C(=C/C(C)c1ccccc1)CNC(C)C. The van der Waals surface area contributed by atoms with Crippen LogP contribution in [0.5, 0.6) is 0 Å². The lowest BCUT2D eigenvalue weighted by Gasteiger charge is -2.13. The highest BCUT2D eigenvalue weighted by atomic mass is 14.9. The highest BCUT2D eigenvalue weighted by Gasteiger charge is 2.03. The predicted molar refractivity (Wildman–Crippen MR) is 76.4 cm³/mol. The van der Waals surface area contributed by atoms with Crippen molar-refractivity contribution in [1.29, 1.82) is 0 Å². The van der Waals surface area contributed by atoms with Gasteiger partial charge in [-0.15, -0.1) is 0 Å². The summed E-state index contributed by atoms with van der Waals surface area (Å²) in [5, 5.41) is 3.49. The van der Waals surface area contributed by atoms with Crippen LogP contribution in [0.3, 0.4) is 0 Å². The van der Waals surface area contributed by atoms with Crippen molar-refractivity contribution < 1.29 is 0 Å². The van der Waals surface area contributed by atoms with Gasteiger partial charge in [-0.1, -0.05) is 69.7 Å². The van der Waals surface area contributed by atoms with Gasteiger partial charge in [0.15, 0.2) is 0 Å². The Morgan fingerprint density at radius 3 is 2.35 bits per heavy atom. The van der Waals surface area contributed by atoms with Crippen molar-refractivity contribution in [2.75, 3.05) is 6.54 Å². The Hall–Kier alpha value is -1.08. The predicted octanol–water partition coefficient (Wildman–Crippen LogP) is 4.12. The van der Waals surface area contributed by atoms with Gasteiger partial charge in [0.05, 0.1) is 0 Å². The van der Waals surface area contributed by atoms with Crippen LogP contribution in [0, 0.1) is 0 Å². The van der Waals surface area contributed by atoms with E-state index in [1.807, 2.05) is 0 Å². The number of allylic oxidation sites excluding steroid dienone is 1. The lowest BCUT2D eigenvalue weighted by Crippen LogP contribution is -2.25. The number of hydrogen-bond donors (Lipinski definition) is 1. The van der Waals surface area contributed by atoms with E-state index < -0.39 is 0 Å². The van der Waals surface area contributed by atoms with Gasteiger partial charge in [-0.2, -0.15) is 0 Å². The normalized spacial score (nSPS) is 14.1. The van der Waals surface area contributed by atoms with Gasteiger partial charge >= 0.3 is 0 Å². The largest absolute Gasteiger partial charge is 0.311 e. The van der Waals surface area contributed by atoms with Gasteiger partial charge in [0.25, 0.3) is 0 Å². The molecular formula is C16H25N. The number of hydrogen-bond acceptors (Lipinski definition) is 1. The van der Waals surface area contributed by atoms with E-state index in [9.17, 15) is 0 Å². The van der Waals surface area contributed by atoms with Crippen molar-refractivity contribution in [1.82, 2.24) is 5.32 Å². The Bertz CT molecular complexity index is 338. The first-order valence-electron chi connectivity index (χ1n) is 6.61. The van der Waals surface area contributed by atoms with E-state index >= 15 is 0 Å². The topological polar surface area (TPSA) is 12.0 Å². The van der Waals surface area contributed by atoms with Crippen LogP contribution in [0.25, 0.3) is 0 Å². The Kier molecular flexibility index (Phi) is 5.99. The second-order valence-electron chi connectivity index (χ2n) is 4.91. The molecule has 0 saturated carbocycles. The summed E-state index contributed by atoms with van der Waals surface area (Å²) in [6, 6.07) is 11.2. The number of rotatable bonds is 6. The molecular weight excluding hydrogens is 206 g/mol. The third kappa shape index (κ3) is 5.18. The third-order valence-electron chi connectivity index (χ3n) is 3.00. The first kappa shape index (κ1) is 14.0. The van der Waals surface area contributed by atoms with Crippen molar-refractivity contribution in [3.05, 3.63) is 47.5 Å². The van der Waals surface area contributed by atoms with Crippen LogP contribution in [0.4, 0.5) is 0 Å². The average Bonchev–Trinajstić information content (AvgIpc) is 2.35. The van der Waals surface area contributed by atoms with Crippen molar-refractivity contribution >= 4 is 0 Å². The summed E-state index contributed by atoms with van der Waals surface area (Å²) in [5.74, 6) is 0.500. The third-order valence-corrected chi connectivity index (χ3v) is 3.00. The van der Waals surface area contributed by atoms with E-state index in [2.05, 4.69) is 69.4 Å². The van der Waals surface area contributed by atoms with E-state index in [1.54, 1.807) is 0 Å². The molecule has 0 aliphatic heterocycles. The summed E-state index contributed by atoms with van der Waals surface area (Å²) in [6.07, 6.45) is 3.52. The maximum atomic E-state index is 3.49. The summed E-state index contributed by atoms with van der Waals surface area (Å²) in [7, 11) is 0. The summed E-state index contributed by atoms with van der Waals surface area (Å²) >= 11 is 0. The quantitative estimate of drug-likeness (QED) is 0.726. The molecule has 0 fully saturated rings. The molecule has 1 unspecified atom stereocenters. The molecule has 1 atom stereocenters. The molecule has 1 rings (SSSR count). The maximum Gasteiger partial charge on any atom is 0.0167 e. The van der Waals surface area contributed by atoms with E-state index in [1.165, 1.54) is 11.1 Å². The fourth-order valence-corrected chi connectivity index (χ4v) is 1.84. The van der Waals surface area contributed by atoms with Crippen molar-refractivity contribution in [3.8, 4) is 0 Å². The molecule has 0 saturated heterocycles.